The van der Waals surface area contributed by atoms with Crippen molar-refractivity contribution in [1.82, 2.24) is 10.2 Å². The number of rotatable bonds is 0. The van der Waals surface area contributed by atoms with Crippen molar-refractivity contribution >= 4 is 0 Å². The van der Waals surface area contributed by atoms with Gasteiger partial charge in [0.1, 0.15) is 0 Å². The van der Waals surface area contributed by atoms with Crippen molar-refractivity contribution < 1.29 is 0 Å². The maximum absolute atomic E-state index is 3.84. The number of nitrogens with one attached hydrogen (secondary N) is 1. The molecule has 2 aliphatic heterocycles. The largest absolute Gasteiger partial charge is 0.312 e. The first-order valence-corrected chi connectivity index (χ1v) is 6.85. The zero-order chi connectivity index (χ0) is 10.3. The highest BCUT2D eigenvalue weighted by Gasteiger charge is 2.39. The zero-order valence-corrected chi connectivity index (χ0v) is 9.91. The lowest BCUT2D eigenvalue weighted by Crippen LogP contribution is -2.44. The van der Waals surface area contributed by atoms with Crippen LogP contribution in [0.25, 0.3) is 0 Å². The van der Waals surface area contributed by atoms with Gasteiger partial charge < -0.3 is 5.32 Å². The van der Waals surface area contributed by atoms with Gasteiger partial charge in [0.15, 0.2) is 0 Å². The van der Waals surface area contributed by atoms with Gasteiger partial charge in [0.05, 0.1) is 0 Å². The average Bonchev–Trinajstić information content (AvgIpc) is 2.69. The first-order chi connectivity index (χ1) is 7.36. The van der Waals surface area contributed by atoms with Gasteiger partial charge in [0, 0.05) is 24.7 Å². The van der Waals surface area contributed by atoms with Crippen LogP contribution in [0.3, 0.4) is 0 Å². The van der Waals surface area contributed by atoms with Gasteiger partial charge in [-0.25, -0.2) is 0 Å². The molecule has 0 radical (unpaired) electrons. The van der Waals surface area contributed by atoms with Crippen LogP contribution >= 0.6 is 0 Å². The third-order valence-corrected chi connectivity index (χ3v) is 5.00. The monoisotopic (exact) mass is 208 g/mol. The number of hydrogen-bond acceptors (Lipinski definition) is 2. The summed E-state index contributed by atoms with van der Waals surface area (Å²) in [6.45, 7) is 5.09. The summed E-state index contributed by atoms with van der Waals surface area (Å²) in [5.41, 5.74) is 0. The molecule has 1 N–H and O–H groups in total. The predicted octanol–water partition coefficient (Wildman–Crippen LogP) is 2.00. The molecule has 3 fully saturated rings. The molecule has 3 rings (SSSR count). The zero-order valence-electron chi connectivity index (χ0n) is 9.91. The van der Waals surface area contributed by atoms with Crippen LogP contribution in [0.4, 0.5) is 0 Å². The van der Waals surface area contributed by atoms with E-state index in [9.17, 15) is 0 Å². The lowest BCUT2D eigenvalue weighted by molar-refractivity contribution is 0.131. The summed E-state index contributed by atoms with van der Waals surface area (Å²) in [7, 11) is 0. The van der Waals surface area contributed by atoms with Gasteiger partial charge in [-0.1, -0.05) is 12.8 Å². The second-order valence-electron chi connectivity index (χ2n) is 5.74. The summed E-state index contributed by atoms with van der Waals surface area (Å²) in [4.78, 5) is 2.79. The third kappa shape index (κ3) is 1.72. The molecule has 0 spiro atoms. The minimum Gasteiger partial charge on any atom is -0.312 e. The Bertz CT molecular complexity index is 229. The molecule has 0 aromatic rings. The molecule has 2 nitrogen and oxygen atoms in total. The molecule has 15 heavy (non-hydrogen) atoms. The molecule has 0 aromatic carbocycles. The van der Waals surface area contributed by atoms with E-state index in [1.54, 1.807) is 0 Å². The van der Waals surface area contributed by atoms with Crippen LogP contribution < -0.4 is 5.32 Å². The summed E-state index contributed by atoms with van der Waals surface area (Å²) < 4.78 is 0. The van der Waals surface area contributed by atoms with Crippen LogP contribution in [0.2, 0.25) is 0 Å². The number of fused-ring (bicyclic) bond motifs is 2. The van der Waals surface area contributed by atoms with Gasteiger partial charge in [0.2, 0.25) is 0 Å². The first kappa shape index (κ1) is 10.1. The van der Waals surface area contributed by atoms with Gasteiger partial charge in [-0.15, -0.1) is 0 Å². The van der Waals surface area contributed by atoms with E-state index in [0.717, 1.165) is 24.0 Å². The second-order valence-corrected chi connectivity index (χ2v) is 5.74. The van der Waals surface area contributed by atoms with E-state index in [4.69, 9.17) is 0 Å². The molecule has 86 valence electrons. The van der Waals surface area contributed by atoms with E-state index in [1.165, 1.54) is 51.6 Å². The van der Waals surface area contributed by atoms with E-state index in [-0.39, 0.29) is 0 Å². The Balaban J connectivity index is 1.79. The minimum atomic E-state index is 0.831. The maximum Gasteiger partial charge on any atom is 0.0224 e. The molecule has 2 saturated heterocycles. The van der Waals surface area contributed by atoms with Gasteiger partial charge in [-0.3, -0.25) is 4.90 Å². The fraction of sp³-hybridized carbons (Fsp3) is 1.00. The molecular weight excluding hydrogens is 184 g/mol. The molecule has 0 amide bonds. The molecule has 0 bridgehead atoms. The van der Waals surface area contributed by atoms with E-state index < -0.39 is 0 Å². The smallest absolute Gasteiger partial charge is 0.0224 e. The van der Waals surface area contributed by atoms with Gasteiger partial charge in [-0.05, 0) is 45.1 Å². The van der Waals surface area contributed by atoms with Crippen molar-refractivity contribution in [3.05, 3.63) is 0 Å². The molecule has 2 heteroatoms. The highest BCUT2D eigenvalue weighted by atomic mass is 15.2. The average molecular weight is 208 g/mol. The lowest BCUT2D eigenvalue weighted by atomic mass is 9.80. The highest BCUT2D eigenvalue weighted by molar-refractivity contribution is 4.96. The highest BCUT2D eigenvalue weighted by Crippen LogP contribution is 2.34. The number of hydrogen-bond donors (Lipinski definition) is 1. The fourth-order valence-corrected chi connectivity index (χ4v) is 4.14. The lowest BCUT2D eigenvalue weighted by Gasteiger charge is -2.37. The SMILES string of the molecule is C[C@H]1[C@@H]2CCCCC2NCC2CCCN21. The molecular formula is C13H24N2. The van der Waals surface area contributed by atoms with Gasteiger partial charge in [-0.2, -0.15) is 0 Å². The quantitative estimate of drug-likeness (QED) is 0.655. The van der Waals surface area contributed by atoms with E-state index >= 15 is 0 Å². The van der Waals surface area contributed by atoms with Crippen LogP contribution in [0, 0.1) is 5.92 Å². The standard InChI is InChI=1S/C13H24N2/c1-10-12-6-2-3-7-13(12)14-9-11-5-4-8-15(10)11/h10-14H,2-9H2,1H3/t10-,11?,12-,13?/m0/s1. The van der Waals surface area contributed by atoms with Crippen LogP contribution in [-0.4, -0.2) is 36.1 Å². The predicted molar refractivity (Wildman–Crippen MR) is 62.9 cm³/mol. The Hall–Kier alpha value is -0.0800. The first-order valence-electron chi connectivity index (χ1n) is 6.85. The van der Waals surface area contributed by atoms with Crippen molar-refractivity contribution in [1.29, 1.82) is 0 Å². The normalized spacial score (nSPS) is 47.0. The van der Waals surface area contributed by atoms with E-state index in [2.05, 4.69) is 17.1 Å². The van der Waals surface area contributed by atoms with E-state index in [1.807, 2.05) is 0 Å². The third-order valence-electron chi connectivity index (χ3n) is 5.00. The van der Waals surface area contributed by atoms with E-state index in [0.29, 0.717) is 0 Å². The topological polar surface area (TPSA) is 15.3 Å². The van der Waals surface area contributed by atoms with Crippen LogP contribution in [0.15, 0.2) is 0 Å². The van der Waals surface area contributed by atoms with Gasteiger partial charge in [0.25, 0.3) is 0 Å². The van der Waals surface area contributed by atoms with Crippen LogP contribution in [-0.2, 0) is 0 Å². The molecule has 4 atom stereocenters. The molecule has 0 aromatic heterocycles. The number of nitrogens with zero attached hydrogens (tertiary/aromatic N) is 1. The second kappa shape index (κ2) is 4.06. The summed E-state index contributed by atoms with van der Waals surface area (Å²) >= 11 is 0. The Morgan fingerprint density at radius 2 is 1.93 bits per heavy atom. The van der Waals surface area contributed by atoms with Crippen molar-refractivity contribution in [2.45, 2.75) is 63.6 Å². The minimum absolute atomic E-state index is 0.831. The Kier molecular flexibility index (Phi) is 2.73. The van der Waals surface area contributed by atoms with Gasteiger partial charge >= 0.3 is 0 Å². The summed E-state index contributed by atoms with van der Waals surface area (Å²) in [6, 6.07) is 2.52. The molecule has 1 aliphatic carbocycles. The maximum atomic E-state index is 3.84. The Labute approximate surface area is 93.4 Å². The molecule has 3 aliphatic rings. The van der Waals surface area contributed by atoms with Crippen molar-refractivity contribution in [2.24, 2.45) is 5.92 Å². The van der Waals surface area contributed by atoms with Crippen LogP contribution in [0.1, 0.15) is 45.4 Å². The Morgan fingerprint density at radius 3 is 2.87 bits per heavy atom. The molecule has 1 saturated carbocycles. The summed E-state index contributed by atoms with van der Waals surface area (Å²) in [6.07, 6.45) is 8.65. The fourth-order valence-electron chi connectivity index (χ4n) is 4.14. The van der Waals surface area contributed by atoms with Crippen LogP contribution in [0.5, 0.6) is 0 Å². The summed E-state index contributed by atoms with van der Waals surface area (Å²) in [5, 5.41) is 3.84. The Morgan fingerprint density at radius 1 is 1.07 bits per heavy atom. The molecule has 2 heterocycles. The van der Waals surface area contributed by atoms with Crippen molar-refractivity contribution in [2.75, 3.05) is 13.1 Å². The molecule has 2 unspecified atom stereocenters. The van der Waals surface area contributed by atoms with Crippen molar-refractivity contribution in [3.8, 4) is 0 Å². The van der Waals surface area contributed by atoms with Crippen molar-refractivity contribution in [3.63, 3.8) is 0 Å². The summed E-state index contributed by atoms with van der Waals surface area (Å²) in [5.74, 6) is 0.932.